The van der Waals surface area contributed by atoms with Crippen LogP contribution in [0.15, 0.2) is 30.5 Å². The predicted octanol–water partition coefficient (Wildman–Crippen LogP) is 1.41. The van der Waals surface area contributed by atoms with Gasteiger partial charge >= 0.3 is 5.69 Å². The first-order valence-electron chi connectivity index (χ1n) is 6.19. The number of hydrogen-bond acceptors (Lipinski definition) is 5. The summed E-state index contributed by atoms with van der Waals surface area (Å²) in [6.45, 7) is 0.657. The van der Waals surface area contributed by atoms with Gasteiger partial charge in [0.1, 0.15) is 0 Å². The number of nitrogens with zero attached hydrogens (tertiary/aromatic N) is 3. The lowest BCUT2D eigenvalue weighted by atomic mass is 10.2. The maximum Gasteiger partial charge on any atom is 0.310 e. The van der Waals surface area contributed by atoms with Crippen molar-refractivity contribution in [2.24, 2.45) is 12.8 Å². The van der Waals surface area contributed by atoms with E-state index in [-0.39, 0.29) is 11.4 Å². The highest BCUT2D eigenvalue weighted by molar-refractivity contribution is 5.48. The number of nitrogens with two attached hydrogens (primary N) is 1. The number of aromatic nitrogens is 2. The second kappa shape index (κ2) is 6.16. The lowest BCUT2D eigenvalue weighted by Gasteiger charge is -2.08. The van der Waals surface area contributed by atoms with Crippen LogP contribution >= 0.6 is 0 Å². The summed E-state index contributed by atoms with van der Waals surface area (Å²) in [6, 6.07) is 6.54. The molecule has 0 radical (unpaired) electrons. The van der Waals surface area contributed by atoms with Crippen LogP contribution < -0.4 is 10.5 Å². The van der Waals surface area contributed by atoms with Crippen molar-refractivity contribution in [1.29, 1.82) is 0 Å². The molecule has 0 aliphatic rings. The minimum atomic E-state index is -0.459. The maximum absolute atomic E-state index is 10.9. The van der Waals surface area contributed by atoms with Crippen molar-refractivity contribution in [2.75, 3.05) is 6.61 Å². The normalized spacial score (nSPS) is 10.5. The van der Waals surface area contributed by atoms with Gasteiger partial charge in [0.2, 0.25) is 0 Å². The highest BCUT2D eigenvalue weighted by Gasteiger charge is 2.15. The summed E-state index contributed by atoms with van der Waals surface area (Å²) in [7, 11) is 1.84. The molecular formula is C13H16N4O3. The third-order valence-corrected chi connectivity index (χ3v) is 2.99. The Morgan fingerprint density at radius 1 is 1.45 bits per heavy atom. The molecule has 0 saturated carbocycles. The second-order valence-electron chi connectivity index (χ2n) is 4.31. The lowest BCUT2D eigenvalue weighted by molar-refractivity contribution is -0.385. The number of benzene rings is 1. The average Bonchev–Trinajstić information content (AvgIpc) is 2.84. The van der Waals surface area contributed by atoms with Gasteiger partial charge in [-0.2, -0.15) is 5.10 Å². The van der Waals surface area contributed by atoms with Gasteiger partial charge in [-0.15, -0.1) is 0 Å². The first-order chi connectivity index (χ1) is 9.61. The molecule has 0 atom stereocenters. The van der Waals surface area contributed by atoms with E-state index in [4.69, 9.17) is 10.5 Å². The van der Waals surface area contributed by atoms with Crippen molar-refractivity contribution >= 4 is 5.69 Å². The molecule has 1 heterocycles. The van der Waals surface area contributed by atoms with Crippen LogP contribution in [-0.4, -0.2) is 21.3 Å². The fourth-order valence-corrected chi connectivity index (χ4v) is 1.86. The monoisotopic (exact) mass is 276 g/mol. The molecular weight excluding hydrogens is 260 g/mol. The molecule has 7 nitrogen and oxygen atoms in total. The van der Waals surface area contributed by atoms with Crippen molar-refractivity contribution < 1.29 is 9.66 Å². The minimum absolute atomic E-state index is 0.0489. The van der Waals surface area contributed by atoms with Gasteiger partial charge < -0.3 is 10.5 Å². The molecule has 1 aromatic carbocycles. The smallest absolute Gasteiger partial charge is 0.310 e. The van der Waals surface area contributed by atoms with E-state index in [0.717, 1.165) is 11.3 Å². The molecule has 0 amide bonds. The van der Waals surface area contributed by atoms with Crippen molar-refractivity contribution in [3.8, 4) is 5.75 Å². The summed E-state index contributed by atoms with van der Waals surface area (Å²) >= 11 is 0. The molecule has 2 aromatic rings. The summed E-state index contributed by atoms with van der Waals surface area (Å²) in [5.41, 5.74) is 7.28. The summed E-state index contributed by atoms with van der Waals surface area (Å²) < 4.78 is 7.28. The number of nitro groups is 1. The Labute approximate surface area is 116 Å². The van der Waals surface area contributed by atoms with Crippen LogP contribution in [-0.2, 0) is 20.0 Å². The fraction of sp³-hybridized carbons (Fsp3) is 0.308. The molecule has 20 heavy (non-hydrogen) atoms. The summed E-state index contributed by atoms with van der Waals surface area (Å²) in [4.78, 5) is 10.5. The Kier molecular flexibility index (Phi) is 4.31. The number of nitro benzene ring substituents is 1. The van der Waals surface area contributed by atoms with Crippen molar-refractivity contribution in [1.82, 2.24) is 9.78 Å². The van der Waals surface area contributed by atoms with Crippen LogP contribution in [0.25, 0.3) is 0 Å². The van der Waals surface area contributed by atoms with Crippen LogP contribution in [0.3, 0.4) is 0 Å². The molecule has 0 aliphatic carbocycles. The first kappa shape index (κ1) is 14.0. The second-order valence-corrected chi connectivity index (χ2v) is 4.31. The first-order valence-corrected chi connectivity index (χ1v) is 6.19. The van der Waals surface area contributed by atoms with Crippen LogP contribution in [0.2, 0.25) is 0 Å². The summed E-state index contributed by atoms with van der Waals surface area (Å²) in [6.07, 6.45) is 2.33. The Hall–Kier alpha value is -2.41. The summed E-state index contributed by atoms with van der Waals surface area (Å²) in [5, 5.41) is 15.0. The Morgan fingerprint density at radius 3 is 2.85 bits per heavy atom. The van der Waals surface area contributed by atoms with Crippen molar-refractivity contribution in [3.05, 3.63) is 51.8 Å². The van der Waals surface area contributed by atoms with E-state index in [9.17, 15) is 10.1 Å². The Bertz CT molecular complexity index is 609. The molecule has 0 bridgehead atoms. The van der Waals surface area contributed by atoms with Crippen LogP contribution in [0, 0.1) is 10.1 Å². The molecule has 0 spiro atoms. The number of ether oxygens (including phenoxy) is 1. The molecule has 7 heteroatoms. The predicted molar refractivity (Wildman–Crippen MR) is 73.4 cm³/mol. The van der Waals surface area contributed by atoms with Gasteiger partial charge in [0.25, 0.3) is 0 Å². The van der Waals surface area contributed by atoms with Crippen LogP contribution in [0.1, 0.15) is 11.3 Å². The largest absolute Gasteiger partial charge is 0.486 e. The summed E-state index contributed by atoms with van der Waals surface area (Å²) in [5.74, 6) is 0.250. The third-order valence-electron chi connectivity index (χ3n) is 2.99. The zero-order valence-corrected chi connectivity index (χ0v) is 11.2. The Balaban J connectivity index is 2.07. The maximum atomic E-state index is 10.9. The molecule has 0 unspecified atom stereocenters. The molecule has 106 valence electrons. The van der Waals surface area contributed by atoms with E-state index < -0.39 is 4.92 Å². The van der Waals surface area contributed by atoms with Gasteiger partial charge in [-0.05, 0) is 17.7 Å². The SMILES string of the molecule is Cn1nccc1CCOc1cc(CN)ccc1[N+](=O)[O-]. The van der Waals surface area contributed by atoms with Gasteiger partial charge in [-0.3, -0.25) is 14.8 Å². The molecule has 0 fully saturated rings. The standard InChI is InChI=1S/C13H16N4O3/c1-16-11(4-6-15-16)5-7-20-13-8-10(9-14)2-3-12(13)17(18)19/h2-4,6,8H,5,7,9,14H2,1H3. The number of rotatable bonds is 6. The van der Waals surface area contributed by atoms with Gasteiger partial charge in [0.15, 0.2) is 5.75 Å². The van der Waals surface area contributed by atoms with Crippen molar-refractivity contribution in [2.45, 2.75) is 13.0 Å². The highest BCUT2D eigenvalue weighted by atomic mass is 16.6. The van der Waals surface area contributed by atoms with Gasteiger partial charge in [-0.1, -0.05) is 6.07 Å². The molecule has 2 rings (SSSR count). The van der Waals surface area contributed by atoms with Gasteiger partial charge in [-0.25, -0.2) is 0 Å². The number of aryl methyl sites for hydroxylation is 1. The van der Waals surface area contributed by atoms with Crippen molar-refractivity contribution in [3.63, 3.8) is 0 Å². The van der Waals surface area contributed by atoms with E-state index in [1.54, 1.807) is 23.0 Å². The fourth-order valence-electron chi connectivity index (χ4n) is 1.86. The third kappa shape index (κ3) is 3.12. The van der Waals surface area contributed by atoms with E-state index in [0.29, 0.717) is 19.6 Å². The average molecular weight is 276 g/mol. The zero-order valence-electron chi connectivity index (χ0n) is 11.2. The Morgan fingerprint density at radius 2 is 2.25 bits per heavy atom. The minimum Gasteiger partial charge on any atom is -0.486 e. The quantitative estimate of drug-likeness (QED) is 0.635. The van der Waals surface area contributed by atoms with Gasteiger partial charge in [0.05, 0.1) is 11.5 Å². The zero-order chi connectivity index (χ0) is 14.5. The topological polar surface area (TPSA) is 96.2 Å². The lowest BCUT2D eigenvalue weighted by Crippen LogP contribution is -2.07. The van der Waals surface area contributed by atoms with Crippen LogP contribution in [0.4, 0.5) is 5.69 Å². The molecule has 0 aliphatic heterocycles. The van der Waals surface area contributed by atoms with E-state index in [1.807, 2.05) is 13.1 Å². The van der Waals surface area contributed by atoms with Crippen LogP contribution in [0.5, 0.6) is 5.75 Å². The molecule has 0 saturated heterocycles. The van der Waals surface area contributed by atoms with Gasteiger partial charge in [0, 0.05) is 38.0 Å². The molecule has 1 aromatic heterocycles. The number of hydrogen-bond donors (Lipinski definition) is 1. The molecule has 2 N–H and O–H groups in total. The highest BCUT2D eigenvalue weighted by Crippen LogP contribution is 2.28. The van der Waals surface area contributed by atoms with E-state index >= 15 is 0 Å². The van der Waals surface area contributed by atoms with E-state index in [2.05, 4.69) is 5.10 Å². The van der Waals surface area contributed by atoms with E-state index in [1.165, 1.54) is 6.07 Å².